The lowest BCUT2D eigenvalue weighted by atomic mass is 10.1. The summed E-state index contributed by atoms with van der Waals surface area (Å²) in [5.41, 5.74) is 0.307. The molecular formula is C12H16N2O3S. The maximum atomic E-state index is 11.9. The topological polar surface area (TPSA) is 90.2 Å². The molecule has 0 heterocycles. The fraction of sp³-hybridized carbons (Fsp3) is 0.417. The van der Waals surface area contributed by atoms with Crippen LogP contribution in [0.2, 0.25) is 0 Å². The molecule has 18 heavy (non-hydrogen) atoms. The van der Waals surface area contributed by atoms with Crippen LogP contribution in [0.4, 0.5) is 0 Å². The summed E-state index contributed by atoms with van der Waals surface area (Å²) < 4.78 is 26.3. The Morgan fingerprint density at radius 1 is 1.50 bits per heavy atom. The number of hydrogen-bond donors (Lipinski definition) is 2. The summed E-state index contributed by atoms with van der Waals surface area (Å²) in [5, 5.41) is 17.5. The van der Waals surface area contributed by atoms with E-state index in [1.165, 1.54) is 18.2 Å². The lowest BCUT2D eigenvalue weighted by molar-refractivity contribution is 0.263. The van der Waals surface area contributed by atoms with Crippen LogP contribution in [0, 0.1) is 17.2 Å². The number of nitrogens with one attached hydrogen (secondary N) is 1. The first-order valence-electron chi connectivity index (χ1n) is 5.60. The molecule has 0 aliphatic heterocycles. The quantitative estimate of drug-likeness (QED) is 0.800. The van der Waals surface area contributed by atoms with Crippen molar-refractivity contribution in [3.63, 3.8) is 0 Å². The molecule has 0 fully saturated rings. The van der Waals surface area contributed by atoms with Crippen molar-refractivity contribution in [3.8, 4) is 6.07 Å². The minimum atomic E-state index is -3.59. The van der Waals surface area contributed by atoms with Crippen molar-refractivity contribution >= 4 is 10.0 Å². The fourth-order valence-corrected chi connectivity index (χ4v) is 2.60. The Hall–Kier alpha value is -1.42. The van der Waals surface area contributed by atoms with E-state index in [4.69, 9.17) is 10.4 Å². The van der Waals surface area contributed by atoms with E-state index < -0.39 is 10.0 Å². The van der Waals surface area contributed by atoms with Crippen molar-refractivity contribution in [2.24, 2.45) is 5.92 Å². The van der Waals surface area contributed by atoms with E-state index in [9.17, 15) is 8.42 Å². The zero-order chi connectivity index (χ0) is 13.6. The van der Waals surface area contributed by atoms with Crippen molar-refractivity contribution in [1.29, 1.82) is 5.26 Å². The number of aliphatic hydroxyl groups is 1. The number of hydrogen-bond acceptors (Lipinski definition) is 4. The van der Waals surface area contributed by atoms with Crippen molar-refractivity contribution in [3.05, 3.63) is 29.8 Å². The summed E-state index contributed by atoms with van der Waals surface area (Å²) in [6.07, 6.45) is 0.542. The molecule has 0 radical (unpaired) electrons. The van der Waals surface area contributed by atoms with E-state index in [0.717, 1.165) is 0 Å². The number of nitrogens with zero attached hydrogens (tertiary/aromatic N) is 1. The SMILES string of the molecule is CC(CCO)CNS(=O)(=O)c1cccc(C#N)c1. The van der Waals surface area contributed by atoms with E-state index in [1.807, 2.05) is 13.0 Å². The van der Waals surface area contributed by atoms with Gasteiger partial charge in [0.05, 0.1) is 16.5 Å². The molecule has 1 unspecified atom stereocenters. The molecule has 1 aromatic rings. The molecule has 1 rings (SSSR count). The first-order chi connectivity index (χ1) is 8.49. The van der Waals surface area contributed by atoms with Gasteiger partial charge in [-0.3, -0.25) is 0 Å². The van der Waals surface area contributed by atoms with Gasteiger partial charge in [-0.25, -0.2) is 13.1 Å². The molecule has 98 valence electrons. The van der Waals surface area contributed by atoms with Crippen molar-refractivity contribution < 1.29 is 13.5 Å². The van der Waals surface area contributed by atoms with Crippen LogP contribution in [-0.4, -0.2) is 26.7 Å². The van der Waals surface area contributed by atoms with Crippen LogP contribution in [0.3, 0.4) is 0 Å². The van der Waals surface area contributed by atoms with Gasteiger partial charge in [0.1, 0.15) is 0 Å². The number of nitriles is 1. The molecule has 0 saturated heterocycles. The average Bonchev–Trinajstić information content (AvgIpc) is 2.37. The third kappa shape index (κ3) is 4.11. The molecule has 6 heteroatoms. The Morgan fingerprint density at radius 2 is 2.22 bits per heavy atom. The van der Waals surface area contributed by atoms with E-state index in [1.54, 1.807) is 6.07 Å². The van der Waals surface area contributed by atoms with E-state index in [-0.39, 0.29) is 24.0 Å². The van der Waals surface area contributed by atoms with Crippen LogP contribution in [0.15, 0.2) is 29.2 Å². The molecule has 1 aromatic carbocycles. The molecule has 0 saturated carbocycles. The minimum Gasteiger partial charge on any atom is -0.396 e. The predicted molar refractivity (Wildman–Crippen MR) is 67.2 cm³/mol. The van der Waals surface area contributed by atoms with Crippen molar-refractivity contribution in [2.75, 3.05) is 13.2 Å². The molecule has 0 aliphatic rings. The molecular weight excluding hydrogens is 252 g/mol. The van der Waals surface area contributed by atoms with Gasteiger partial charge in [-0.2, -0.15) is 5.26 Å². The van der Waals surface area contributed by atoms with E-state index in [2.05, 4.69) is 4.72 Å². The summed E-state index contributed by atoms with van der Waals surface area (Å²) in [7, 11) is -3.59. The number of benzene rings is 1. The summed E-state index contributed by atoms with van der Waals surface area (Å²) in [4.78, 5) is 0.0812. The second-order valence-electron chi connectivity index (χ2n) is 4.11. The Balaban J connectivity index is 2.77. The molecule has 0 spiro atoms. The first kappa shape index (κ1) is 14.6. The van der Waals surface area contributed by atoms with Gasteiger partial charge in [0.15, 0.2) is 0 Å². The smallest absolute Gasteiger partial charge is 0.240 e. The van der Waals surface area contributed by atoms with Crippen LogP contribution in [-0.2, 0) is 10.0 Å². The van der Waals surface area contributed by atoms with Crippen LogP contribution >= 0.6 is 0 Å². The normalized spacial score (nSPS) is 12.9. The largest absolute Gasteiger partial charge is 0.396 e. The molecule has 0 aromatic heterocycles. The van der Waals surface area contributed by atoms with Crippen molar-refractivity contribution in [1.82, 2.24) is 4.72 Å². The Labute approximate surface area is 107 Å². The zero-order valence-corrected chi connectivity index (χ0v) is 10.9. The number of sulfonamides is 1. The standard InChI is InChI=1S/C12H16N2O3S/c1-10(5-6-15)9-14-18(16,17)12-4-2-3-11(7-12)8-13/h2-4,7,10,14-15H,5-6,9H2,1H3. The summed E-state index contributed by atoms with van der Waals surface area (Å²) in [5.74, 6) is 0.0592. The van der Waals surface area contributed by atoms with Gasteiger partial charge in [0.2, 0.25) is 10.0 Å². The van der Waals surface area contributed by atoms with Gasteiger partial charge in [-0.15, -0.1) is 0 Å². The second-order valence-corrected chi connectivity index (χ2v) is 5.88. The second kappa shape index (κ2) is 6.50. The van der Waals surface area contributed by atoms with Crippen LogP contribution in [0.25, 0.3) is 0 Å². The number of aliphatic hydroxyl groups excluding tert-OH is 1. The Morgan fingerprint density at radius 3 is 2.83 bits per heavy atom. The molecule has 0 bridgehead atoms. The highest BCUT2D eigenvalue weighted by Gasteiger charge is 2.15. The lowest BCUT2D eigenvalue weighted by Crippen LogP contribution is -2.28. The lowest BCUT2D eigenvalue weighted by Gasteiger charge is -2.11. The van der Waals surface area contributed by atoms with E-state index >= 15 is 0 Å². The van der Waals surface area contributed by atoms with Gasteiger partial charge in [0, 0.05) is 13.2 Å². The third-order valence-corrected chi connectivity index (χ3v) is 3.94. The summed E-state index contributed by atoms with van der Waals surface area (Å²) in [6, 6.07) is 7.76. The van der Waals surface area contributed by atoms with Crippen molar-refractivity contribution in [2.45, 2.75) is 18.2 Å². The monoisotopic (exact) mass is 268 g/mol. The Kier molecular flexibility index (Phi) is 5.28. The highest BCUT2D eigenvalue weighted by atomic mass is 32.2. The average molecular weight is 268 g/mol. The third-order valence-electron chi connectivity index (χ3n) is 2.52. The predicted octanol–water partition coefficient (Wildman–Crippen LogP) is 0.855. The van der Waals surface area contributed by atoms with Gasteiger partial charge < -0.3 is 5.11 Å². The Bertz CT molecular complexity index is 534. The van der Waals surface area contributed by atoms with E-state index in [0.29, 0.717) is 12.0 Å². The highest BCUT2D eigenvalue weighted by molar-refractivity contribution is 7.89. The summed E-state index contributed by atoms with van der Waals surface area (Å²) in [6.45, 7) is 2.15. The minimum absolute atomic E-state index is 0.0345. The molecule has 0 amide bonds. The van der Waals surface area contributed by atoms with Crippen LogP contribution in [0.1, 0.15) is 18.9 Å². The zero-order valence-electron chi connectivity index (χ0n) is 10.1. The first-order valence-corrected chi connectivity index (χ1v) is 7.08. The molecule has 5 nitrogen and oxygen atoms in total. The number of rotatable bonds is 6. The summed E-state index contributed by atoms with van der Waals surface area (Å²) >= 11 is 0. The fourth-order valence-electron chi connectivity index (χ4n) is 1.39. The molecule has 0 aliphatic carbocycles. The van der Waals surface area contributed by atoms with Gasteiger partial charge in [0.25, 0.3) is 0 Å². The maximum Gasteiger partial charge on any atom is 0.240 e. The van der Waals surface area contributed by atoms with Crippen LogP contribution < -0.4 is 4.72 Å². The molecule has 2 N–H and O–H groups in total. The van der Waals surface area contributed by atoms with Gasteiger partial charge in [-0.1, -0.05) is 13.0 Å². The van der Waals surface area contributed by atoms with Gasteiger partial charge >= 0.3 is 0 Å². The maximum absolute atomic E-state index is 11.9. The van der Waals surface area contributed by atoms with Crippen LogP contribution in [0.5, 0.6) is 0 Å². The highest BCUT2D eigenvalue weighted by Crippen LogP contribution is 2.11. The molecule has 1 atom stereocenters. The van der Waals surface area contributed by atoms with Gasteiger partial charge in [-0.05, 0) is 30.5 Å².